The van der Waals surface area contributed by atoms with Crippen LogP contribution in [0.1, 0.15) is 24.0 Å². The number of aromatic nitrogens is 1. The number of pyridine rings is 1. The Morgan fingerprint density at radius 2 is 1.86 bits per heavy atom. The molecule has 2 aromatic rings. The summed E-state index contributed by atoms with van der Waals surface area (Å²) < 4.78 is 27.1. The van der Waals surface area contributed by atoms with Crippen molar-refractivity contribution >= 4 is 27.6 Å². The SMILES string of the molecule is CN=C(NCCc1ccc(Cl)nc1)NCc1ccc(S(=O)(=O)NC2CC2)cc1. The molecule has 28 heavy (non-hydrogen) atoms. The molecule has 7 nitrogen and oxygen atoms in total. The Labute approximate surface area is 170 Å². The molecule has 1 aromatic heterocycles. The third kappa shape index (κ3) is 6.19. The maximum atomic E-state index is 12.2. The van der Waals surface area contributed by atoms with Crippen molar-refractivity contribution in [3.63, 3.8) is 0 Å². The molecule has 0 radical (unpaired) electrons. The predicted molar refractivity (Wildman–Crippen MR) is 111 cm³/mol. The van der Waals surface area contributed by atoms with Crippen LogP contribution in [0.25, 0.3) is 0 Å². The van der Waals surface area contributed by atoms with Crippen LogP contribution >= 0.6 is 11.6 Å². The smallest absolute Gasteiger partial charge is 0.240 e. The van der Waals surface area contributed by atoms with Gasteiger partial charge in [0.05, 0.1) is 4.90 Å². The minimum Gasteiger partial charge on any atom is -0.356 e. The molecule has 0 aliphatic heterocycles. The summed E-state index contributed by atoms with van der Waals surface area (Å²) in [6.07, 6.45) is 4.39. The molecule has 1 heterocycles. The highest BCUT2D eigenvalue weighted by Crippen LogP contribution is 2.22. The van der Waals surface area contributed by atoms with Gasteiger partial charge in [-0.1, -0.05) is 29.8 Å². The van der Waals surface area contributed by atoms with E-state index in [-0.39, 0.29) is 6.04 Å². The van der Waals surface area contributed by atoms with Gasteiger partial charge in [-0.3, -0.25) is 4.99 Å². The first-order valence-electron chi connectivity index (χ1n) is 9.12. The van der Waals surface area contributed by atoms with Gasteiger partial charge >= 0.3 is 0 Å². The van der Waals surface area contributed by atoms with Crippen molar-refractivity contribution in [1.82, 2.24) is 20.3 Å². The van der Waals surface area contributed by atoms with Crippen molar-refractivity contribution in [1.29, 1.82) is 0 Å². The normalized spacial score (nSPS) is 14.7. The number of benzene rings is 1. The fourth-order valence-electron chi connectivity index (χ4n) is 2.56. The van der Waals surface area contributed by atoms with Crippen LogP contribution in [0.4, 0.5) is 0 Å². The molecule has 150 valence electrons. The Bertz CT molecular complexity index is 910. The lowest BCUT2D eigenvalue weighted by atomic mass is 10.2. The average molecular weight is 422 g/mol. The van der Waals surface area contributed by atoms with Crippen molar-refractivity contribution < 1.29 is 8.42 Å². The lowest BCUT2D eigenvalue weighted by molar-refractivity contribution is 0.581. The van der Waals surface area contributed by atoms with Gasteiger partial charge in [-0.15, -0.1) is 0 Å². The summed E-state index contributed by atoms with van der Waals surface area (Å²) in [6, 6.07) is 10.7. The van der Waals surface area contributed by atoms with E-state index in [1.807, 2.05) is 6.07 Å². The van der Waals surface area contributed by atoms with Gasteiger partial charge in [0, 0.05) is 32.4 Å². The molecule has 0 amide bonds. The summed E-state index contributed by atoms with van der Waals surface area (Å²) in [5.41, 5.74) is 2.05. The Hall–Kier alpha value is -2.16. The monoisotopic (exact) mass is 421 g/mol. The molecule has 0 spiro atoms. The van der Waals surface area contributed by atoms with Crippen LogP contribution < -0.4 is 15.4 Å². The van der Waals surface area contributed by atoms with Crippen molar-refractivity contribution in [2.24, 2.45) is 4.99 Å². The van der Waals surface area contributed by atoms with E-state index >= 15 is 0 Å². The second kappa shape index (κ2) is 9.36. The van der Waals surface area contributed by atoms with Crippen molar-refractivity contribution in [3.8, 4) is 0 Å². The lowest BCUT2D eigenvalue weighted by Gasteiger charge is -2.12. The summed E-state index contributed by atoms with van der Waals surface area (Å²) >= 11 is 5.78. The minimum absolute atomic E-state index is 0.101. The summed E-state index contributed by atoms with van der Waals surface area (Å²) in [5, 5.41) is 6.94. The Morgan fingerprint density at radius 3 is 2.46 bits per heavy atom. The fraction of sp³-hybridized carbons (Fsp3) is 0.368. The first-order chi connectivity index (χ1) is 13.5. The summed E-state index contributed by atoms with van der Waals surface area (Å²) in [6.45, 7) is 1.24. The zero-order valence-electron chi connectivity index (χ0n) is 15.7. The molecule has 0 saturated heterocycles. The van der Waals surface area contributed by atoms with Gasteiger partial charge in [-0.05, 0) is 48.6 Å². The van der Waals surface area contributed by atoms with E-state index in [1.165, 1.54) is 0 Å². The summed E-state index contributed by atoms with van der Waals surface area (Å²) in [5.74, 6) is 0.675. The zero-order valence-corrected chi connectivity index (χ0v) is 17.2. The second-order valence-corrected chi connectivity index (χ2v) is 8.73. The molecular weight excluding hydrogens is 398 g/mol. The molecule has 0 bridgehead atoms. The van der Waals surface area contributed by atoms with Crippen LogP contribution in [0, 0.1) is 0 Å². The highest BCUT2D eigenvalue weighted by atomic mass is 35.5. The van der Waals surface area contributed by atoms with Gasteiger partial charge in [-0.2, -0.15) is 0 Å². The number of aliphatic imine (C=N–C) groups is 1. The molecule has 3 N–H and O–H groups in total. The number of guanidine groups is 1. The molecule has 1 fully saturated rings. The van der Waals surface area contributed by atoms with E-state index in [1.54, 1.807) is 43.6 Å². The number of rotatable bonds is 8. The van der Waals surface area contributed by atoms with E-state index in [9.17, 15) is 8.42 Å². The second-order valence-electron chi connectivity index (χ2n) is 6.63. The number of nitrogens with one attached hydrogen (secondary N) is 3. The Morgan fingerprint density at radius 1 is 1.14 bits per heavy atom. The summed E-state index contributed by atoms with van der Waals surface area (Å²) in [4.78, 5) is 8.55. The van der Waals surface area contributed by atoms with Crippen molar-refractivity contribution in [3.05, 3.63) is 58.9 Å². The molecular formula is C19H24ClN5O2S. The quantitative estimate of drug-likeness (QED) is 0.344. The van der Waals surface area contributed by atoms with Crippen molar-refractivity contribution in [2.75, 3.05) is 13.6 Å². The van der Waals surface area contributed by atoms with Crippen molar-refractivity contribution in [2.45, 2.75) is 36.7 Å². The van der Waals surface area contributed by atoms with Gasteiger partial charge in [0.2, 0.25) is 10.0 Å². The molecule has 0 unspecified atom stereocenters. The predicted octanol–water partition coefficient (Wildman–Crippen LogP) is 2.08. The topological polar surface area (TPSA) is 95.5 Å². The number of nitrogens with zero attached hydrogens (tertiary/aromatic N) is 2. The summed E-state index contributed by atoms with van der Waals surface area (Å²) in [7, 11) is -1.70. The van der Waals surface area contributed by atoms with Gasteiger partial charge in [0.1, 0.15) is 5.15 Å². The minimum atomic E-state index is -3.41. The number of hydrogen-bond donors (Lipinski definition) is 3. The third-order valence-corrected chi connectivity index (χ3v) is 6.07. The van der Waals surface area contributed by atoms with E-state index in [0.717, 1.165) is 30.4 Å². The highest BCUT2D eigenvalue weighted by molar-refractivity contribution is 7.89. The van der Waals surface area contributed by atoms with E-state index in [4.69, 9.17) is 11.6 Å². The van der Waals surface area contributed by atoms with Crippen LogP contribution in [0.2, 0.25) is 5.15 Å². The van der Waals surface area contributed by atoms with Gasteiger partial charge in [-0.25, -0.2) is 18.1 Å². The largest absolute Gasteiger partial charge is 0.356 e. The fourth-order valence-corrected chi connectivity index (χ4v) is 3.98. The first kappa shape index (κ1) is 20.6. The Balaban J connectivity index is 1.46. The number of hydrogen-bond acceptors (Lipinski definition) is 4. The highest BCUT2D eigenvalue weighted by Gasteiger charge is 2.27. The molecule has 1 aromatic carbocycles. The van der Waals surface area contributed by atoms with Gasteiger partial charge in [0.15, 0.2) is 5.96 Å². The molecule has 1 saturated carbocycles. The van der Waals surface area contributed by atoms with Crippen LogP contribution in [-0.2, 0) is 23.0 Å². The van der Waals surface area contributed by atoms with Crippen LogP contribution in [0.15, 0.2) is 52.5 Å². The zero-order chi connectivity index (χ0) is 20.0. The van der Waals surface area contributed by atoms with Crippen LogP contribution in [0.3, 0.4) is 0 Å². The maximum absolute atomic E-state index is 12.2. The average Bonchev–Trinajstić information content (AvgIpc) is 3.49. The number of sulfonamides is 1. The van der Waals surface area contributed by atoms with E-state index < -0.39 is 10.0 Å². The third-order valence-electron chi connectivity index (χ3n) is 4.31. The molecule has 1 aliphatic rings. The van der Waals surface area contributed by atoms with Crippen LogP contribution in [-0.4, -0.2) is 39.0 Å². The standard InChI is InChI=1S/C19H24ClN5O2S/c1-21-19(22-11-10-15-4-9-18(20)23-12-15)24-13-14-2-7-17(8-3-14)28(26,27)25-16-5-6-16/h2-4,7-9,12,16,25H,5-6,10-11,13H2,1H3,(H2,21,22,24). The number of halogens is 1. The first-order valence-corrected chi connectivity index (χ1v) is 11.0. The molecule has 1 aliphatic carbocycles. The van der Waals surface area contributed by atoms with E-state index in [0.29, 0.717) is 29.1 Å². The van der Waals surface area contributed by atoms with Gasteiger partial charge in [0.25, 0.3) is 0 Å². The lowest BCUT2D eigenvalue weighted by Crippen LogP contribution is -2.37. The molecule has 3 rings (SSSR count). The van der Waals surface area contributed by atoms with Gasteiger partial charge < -0.3 is 10.6 Å². The van der Waals surface area contributed by atoms with Crippen LogP contribution in [0.5, 0.6) is 0 Å². The molecule has 9 heteroatoms. The Kier molecular flexibility index (Phi) is 6.88. The van der Waals surface area contributed by atoms with E-state index in [2.05, 4.69) is 25.3 Å². The molecule has 0 atom stereocenters. The maximum Gasteiger partial charge on any atom is 0.240 e.